The first-order valence-electron chi connectivity index (χ1n) is 9.09. The normalized spacial score (nSPS) is 16.1. The van der Waals surface area contributed by atoms with Crippen molar-refractivity contribution < 1.29 is 22.0 Å². The van der Waals surface area contributed by atoms with E-state index in [0.29, 0.717) is 18.4 Å². The summed E-state index contributed by atoms with van der Waals surface area (Å²) in [4.78, 5) is 12.3. The minimum atomic E-state index is -3.66. The summed E-state index contributed by atoms with van der Waals surface area (Å²) < 4.78 is 53.8. The summed E-state index contributed by atoms with van der Waals surface area (Å²) in [5.74, 6) is -1.87. The van der Waals surface area contributed by atoms with Gasteiger partial charge >= 0.3 is 0 Å². The molecule has 8 heteroatoms. The van der Waals surface area contributed by atoms with Crippen LogP contribution in [0.4, 0.5) is 8.78 Å². The minimum Gasteiger partial charge on any atom is -0.352 e. The third-order valence-electron chi connectivity index (χ3n) is 4.92. The highest BCUT2D eigenvalue weighted by atomic mass is 32.2. The molecule has 0 saturated carbocycles. The molecule has 0 aromatic heterocycles. The van der Waals surface area contributed by atoms with Gasteiger partial charge in [0.2, 0.25) is 15.9 Å². The van der Waals surface area contributed by atoms with Gasteiger partial charge < -0.3 is 5.32 Å². The van der Waals surface area contributed by atoms with E-state index in [1.165, 1.54) is 28.6 Å². The fraction of sp³-hybridized carbons (Fsp3) is 0.350. The van der Waals surface area contributed by atoms with Crippen molar-refractivity contribution in [2.45, 2.75) is 25.1 Å². The van der Waals surface area contributed by atoms with Crippen LogP contribution in [0.1, 0.15) is 24.0 Å². The molecule has 1 aliphatic heterocycles. The van der Waals surface area contributed by atoms with Crippen LogP contribution in [0.2, 0.25) is 0 Å². The lowest BCUT2D eigenvalue weighted by Gasteiger charge is -2.30. The highest BCUT2D eigenvalue weighted by Crippen LogP contribution is 2.22. The van der Waals surface area contributed by atoms with Crippen LogP contribution in [0, 0.1) is 17.6 Å². The summed E-state index contributed by atoms with van der Waals surface area (Å²) in [7, 11) is -3.66. The fourth-order valence-electron chi connectivity index (χ4n) is 3.27. The van der Waals surface area contributed by atoms with E-state index < -0.39 is 21.6 Å². The number of hydrogen-bond acceptors (Lipinski definition) is 3. The zero-order valence-corrected chi connectivity index (χ0v) is 16.1. The minimum absolute atomic E-state index is 0.0945. The van der Waals surface area contributed by atoms with Gasteiger partial charge in [0.1, 0.15) is 11.6 Å². The highest BCUT2D eigenvalue weighted by Gasteiger charge is 2.31. The first-order valence-corrected chi connectivity index (χ1v) is 10.7. The standard InChI is InChI=1S/C20H22F2N2O3S/c21-18-7-3-1-5-16(18)13-23-20(25)15-9-11-24(12-10-15)28(26,27)14-17-6-2-4-8-19(17)22/h1-8,15H,9-14H2,(H,23,25). The second-order valence-corrected chi connectivity index (χ2v) is 8.80. The van der Waals surface area contributed by atoms with E-state index >= 15 is 0 Å². The molecule has 0 bridgehead atoms. The van der Waals surface area contributed by atoms with E-state index in [9.17, 15) is 22.0 Å². The summed E-state index contributed by atoms with van der Waals surface area (Å²) in [6.45, 7) is 0.500. The van der Waals surface area contributed by atoms with Gasteiger partial charge in [-0.2, -0.15) is 0 Å². The molecule has 0 spiro atoms. The first kappa shape index (κ1) is 20.4. The third kappa shape index (κ3) is 4.94. The van der Waals surface area contributed by atoms with Gasteiger partial charge in [0.25, 0.3) is 0 Å². The summed E-state index contributed by atoms with van der Waals surface area (Å²) in [5, 5.41) is 2.71. The molecule has 1 heterocycles. The zero-order chi connectivity index (χ0) is 20.1. The average molecular weight is 408 g/mol. The zero-order valence-electron chi connectivity index (χ0n) is 15.3. The largest absolute Gasteiger partial charge is 0.352 e. The predicted molar refractivity (Wildman–Crippen MR) is 102 cm³/mol. The monoisotopic (exact) mass is 408 g/mol. The van der Waals surface area contributed by atoms with Crippen LogP contribution >= 0.6 is 0 Å². The van der Waals surface area contributed by atoms with Gasteiger partial charge in [0.05, 0.1) is 5.75 Å². The van der Waals surface area contributed by atoms with Crippen molar-refractivity contribution in [1.82, 2.24) is 9.62 Å². The Morgan fingerprint density at radius 1 is 0.964 bits per heavy atom. The van der Waals surface area contributed by atoms with Gasteiger partial charge in [-0.3, -0.25) is 4.79 Å². The lowest BCUT2D eigenvalue weighted by atomic mass is 9.97. The molecule has 1 fully saturated rings. The average Bonchev–Trinajstić information content (AvgIpc) is 2.69. The Morgan fingerprint density at radius 3 is 2.07 bits per heavy atom. The van der Waals surface area contributed by atoms with E-state index in [-0.39, 0.29) is 42.8 Å². The molecule has 0 radical (unpaired) electrons. The Bertz CT molecular complexity index is 942. The Balaban J connectivity index is 1.53. The molecule has 1 saturated heterocycles. The number of carbonyl (C=O) groups excluding carboxylic acids is 1. The molecule has 0 atom stereocenters. The Hall–Kier alpha value is -2.32. The summed E-state index contributed by atoms with van der Waals surface area (Å²) in [5.41, 5.74) is 0.535. The van der Waals surface area contributed by atoms with Crippen molar-refractivity contribution in [2.24, 2.45) is 5.92 Å². The van der Waals surface area contributed by atoms with Gasteiger partial charge in [-0.05, 0) is 25.0 Å². The molecule has 1 aliphatic rings. The number of piperidine rings is 1. The number of sulfonamides is 1. The van der Waals surface area contributed by atoms with Gasteiger partial charge in [-0.15, -0.1) is 0 Å². The molecule has 2 aromatic carbocycles. The Kier molecular flexibility index (Phi) is 6.41. The maximum atomic E-state index is 13.7. The second kappa shape index (κ2) is 8.79. The number of hydrogen-bond donors (Lipinski definition) is 1. The van der Waals surface area contributed by atoms with Crippen LogP contribution in [0.25, 0.3) is 0 Å². The summed E-state index contributed by atoms with van der Waals surface area (Å²) >= 11 is 0. The van der Waals surface area contributed by atoms with Gasteiger partial charge in [0.15, 0.2) is 0 Å². The molecule has 0 unspecified atom stereocenters. The first-order chi connectivity index (χ1) is 13.4. The SMILES string of the molecule is O=C(NCc1ccccc1F)C1CCN(S(=O)(=O)Cc2ccccc2F)CC1. The lowest BCUT2D eigenvalue weighted by Crippen LogP contribution is -2.43. The predicted octanol–water partition coefficient (Wildman–Crippen LogP) is 2.82. The lowest BCUT2D eigenvalue weighted by molar-refractivity contribution is -0.126. The second-order valence-electron chi connectivity index (χ2n) is 6.83. The maximum Gasteiger partial charge on any atom is 0.223 e. The van der Waals surface area contributed by atoms with Crippen LogP contribution in [0.3, 0.4) is 0 Å². The van der Waals surface area contributed by atoms with Crippen LogP contribution in [0.5, 0.6) is 0 Å². The van der Waals surface area contributed by atoms with Crippen LogP contribution < -0.4 is 5.32 Å². The number of benzene rings is 2. The van der Waals surface area contributed by atoms with Gasteiger partial charge in [-0.25, -0.2) is 21.5 Å². The van der Waals surface area contributed by atoms with Crippen molar-refractivity contribution in [3.8, 4) is 0 Å². The van der Waals surface area contributed by atoms with Crippen molar-refractivity contribution >= 4 is 15.9 Å². The van der Waals surface area contributed by atoms with E-state index in [2.05, 4.69) is 5.32 Å². The molecule has 150 valence electrons. The number of nitrogens with one attached hydrogen (secondary N) is 1. The third-order valence-corrected chi connectivity index (χ3v) is 6.75. The van der Waals surface area contributed by atoms with Crippen molar-refractivity contribution in [1.29, 1.82) is 0 Å². The van der Waals surface area contributed by atoms with Crippen LogP contribution in [0.15, 0.2) is 48.5 Å². The van der Waals surface area contributed by atoms with Crippen LogP contribution in [-0.4, -0.2) is 31.7 Å². The molecule has 28 heavy (non-hydrogen) atoms. The summed E-state index contributed by atoms with van der Waals surface area (Å²) in [6.07, 6.45) is 0.749. The maximum absolute atomic E-state index is 13.7. The topological polar surface area (TPSA) is 66.5 Å². The van der Waals surface area contributed by atoms with Gasteiger partial charge in [0, 0.05) is 36.7 Å². The smallest absolute Gasteiger partial charge is 0.223 e. The molecular formula is C20H22F2N2O3S. The summed E-state index contributed by atoms with van der Waals surface area (Å²) in [6, 6.07) is 12.0. The molecule has 1 amide bonds. The Labute approximate surface area is 163 Å². The van der Waals surface area contributed by atoms with Crippen molar-refractivity contribution in [2.75, 3.05) is 13.1 Å². The number of carbonyl (C=O) groups is 1. The van der Waals surface area contributed by atoms with E-state index in [0.717, 1.165) is 0 Å². The van der Waals surface area contributed by atoms with Crippen LogP contribution in [-0.2, 0) is 27.1 Å². The van der Waals surface area contributed by atoms with E-state index in [1.807, 2.05) is 0 Å². The molecule has 3 rings (SSSR count). The number of amides is 1. The molecule has 1 N–H and O–H groups in total. The Morgan fingerprint density at radius 2 is 1.50 bits per heavy atom. The number of halogens is 2. The molecular weight excluding hydrogens is 386 g/mol. The van der Waals surface area contributed by atoms with Gasteiger partial charge in [-0.1, -0.05) is 36.4 Å². The fourth-order valence-corrected chi connectivity index (χ4v) is 4.84. The van der Waals surface area contributed by atoms with E-state index in [1.54, 1.807) is 24.3 Å². The highest BCUT2D eigenvalue weighted by molar-refractivity contribution is 7.88. The molecule has 5 nitrogen and oxygen atoms in total. The van der Waals surface area contributed by atoms with Crippen molar-refractivity contribution in [3.05, 3.63) is 71.3 Å². The molecule has 2 aromatic rings. The van der Waals surface area contributed by atoms with E-state index in [4.69, 9.17) is 0 Å². The van der Waals surface area contributed by atoms with Crippen molar-refractivity contribution in [3.63, 3.8) is 0 Å². The number of nitrogens with zero attached hydrogens (tertiary/aromatic N) is 1. The number of rotatable bonds is 6. The molecule has 0 aliphatic carbocycles. The quantitative estimate of drug-likeness (QED) is 0.799.